The van der Waals surface area contributed by atoms with E-state index >= 15 is 0 Å². The number of rotatable bonds is 5. The highest BCUT2D eigenvalue weighted by atomic mass is 15.2. The van der Waals surface area contributed by atoms with Crippen molar-refractivity contribution in [3.05, 3.63) is 114 Å². The van der Waals surface area contributed by atoms with Gasteiger partial charge < -0.3 is 9.29 Å². The highest BCUT2D eigenvalue weighted by Gasteiger charge is 2.42. The normalized spacial score (nSPS) is 12.7. The van der Waals surface area contributed by atoms with Crippen LogP contribution in [0.25, 0.3) is 33.9 Å². The molecule has 0 fully saturated rings. The van der Waals surface area contributed by atoms with E-state index in [1.807, 2.05) is 0 Å². The molecule has 39 heavy (non-hydrogen) atoms. The molecule has 0 bridgehead atoms. The van der Waals surface area contributed by atoms with Crippen molar-refractivity contribution < 1.29 is 0 Å². The average molecular weight is 510 g/mol. The van der Waals surface area contributed by atoms with Crippen LogP contribution in [0, 0.1) is 6.92 Å². The standard InChI is InChI=1S/C35H36BN3/c1-23(2)28-20-14-21-29(24(3)4)32(28)36-38(6)30-22-13-15-25(5)31(30)35-37-33(26-16-9-7-10-17-26)34(39(35)36)27-18-11-8-12-19-27/h7-24H,1-6H3. The summed E-state index contributed by atoms with van der Waals surface area (Å²) in [5, 5.41) is 0. The fourth-order valence-electron chi connectivity index (χ4n) is 6.29. The van der Waals surface area contributed by atoms with Crippen molar-refractivity contribution >= 4 is 18.1 Å². The second kappa shape index (κ2) is 9.92. The van der Waals surface area contributed by atoms with Gasteiger partial charge in [-0.2, -0.15) is 0 Å². The van der Waals surface area contributed by atoms with Crippen LogP contribution in [-0.2, 0) is 0 Å². The molecule has 0 N–H and O–H groups in total. The van der Waals surface area contributed by atoms with Gasteiger partial charge >= 0.3 is 6.98 Å². The van der Waals surface area contributed by atoms with Gasteiger partial charge in [0.25, 0.3) is 0 Å². The molecule has 0 saturated heterocycles. The third kappa shape index (κ3) is 4.10. The summed E-state index contributed by atoms with van der Waals surface area (Å²) in [5.74, 6) is 1.83. The molecule has 1 aromatic heterocycles. The van der Waals surface area contributed by atoms with Gasteiger partial charge in [-0.15, -0.1) is 0 Å². The summed E-state index contributed by atoms with van der Waals surface area (Å²) < 4.78 is 2.53. The molecule has 3 nitrogen and oxygen atoms in total. The molecule has 0 spiro atoms. The van der Waals surface area contributed by atoms with Crippen molar-refractivity contribution in [3.63, 3.8) is 0 Å². The van der Waals surface area contributed by atoms with Crippen LogP contribution in [0.3, 0.4) is 0 Å². The van der Waals surface area contributed by atoms with Crippen molar-refractivity contribution in [3.8, 4) is 33.9 Å². The fourth-order valence-corrected chi connectivity index (χ4v) is 6.29. The summed E-state index contributed by atoms with van der Waals surface area (Å²) in [6.07, 6.45) is 0. The van der Waals surface area contributed by atoms with Crippen LogP contribution in [0.1, 0.15) is 56.2 Å². The number of nitrogens with zero attached hydrogens (tertiary/aromatic N) is 3. The lowest BCUT2D eigenvalue weighted by Crippen LogP contribution is -2.57. The number of imidazole rings is 1. The Hall–Kier alpha value is -4.05. The zero-order valence-electron chi connectivity index (χ0n) is 23.8. The first-order valence-electron chi connectivity index (χ1n) is 14.1. The summed E-state index contributed by atoms with van der Waals surface area (Å²) in [4.78, 5) is 7.97. The third-order valence-electron chi connectivity index (χ3n) is 8.15. The Morgan fingerprint density at radius 3 is 1.82 bits per heavy atom. The monoisotopic (exact) mass is 509 g/mol. The highest BCUT2D eigenvalue weighted by molar-refractivity contribution is 6.77. The Bertz CT molecular complexity index is 1610. The van der Waals surface area contributed by atoms with Crippen LogP contribution in [0.15, 0.2) is 97.1 Å². The van der Waals surface area contributed by atoms with Gasteiger partial charge in [-0.25, -0.2) is 4.98 Å². The number of aromatic nitrogens is 2. The molecule has 0 amide bonds. The Kier molecular flexibility index (Phi) is 6.42. The van der Waals surface area contributed by atoms with E-state index < -0.39 is 0 Å². The largest absolute Gasteiger partial charge is 0.417 e. The molecule has 1 aliphatic rings. The van der Waals surface area contributed by atoms with Crippen molar-refractivity contribution in [2.45, 2.75) is 46.5 Å². The lowest BCUT2D eigenvalue weighted by molar-refractivity contribution is 0.842. The van der Waals surface area contributed by atoms with Crippen LogP contribution in [-0.4, -0.2) is 23.5 Å². The Balaban J connectivity index is 1.79. The van der Waals surface area contributed by atoms with E-state index in [0.29, 0.717) is 11.8 Å². The van der Waals surface area contributed by atoms with E-state index in [2.05, 4.69) is 148 Å². The molecule has 0 radical (unpaired) electrons. The molecule has 1 aliphatic heterocycles. The van der Waals surface area contributed by atoms with E-state index in [1.54, 1.807) is 0 Å². The summed E-state index contributed by atoms with van der Waals surface area (Å²) in [6.45, 7) is 11.4. The van der Waals surface area contributed by atoms with E-state index in [0.717, 1.165) is 22.8 Å². The Labute approximate surface area is 233 Å². The molecule has 0 atom stereocenters. The minimum Gasteiger partial charge on any atom is -0.394 e. The van der Waals surface area contributed by atoms with E-state index in [1.165, 1.54) is 39.0 Å². The van der Waals surface area contributed by atoms with Gasteiger partial charge in [0.1, 0.15) is 5.82 Å². The summed E-state index contributed by atoms with van der Waals surface area (Å²) >= 11 is 0. The Morgan fingerprint density at radius 1 is 0.667 bits per heavy atom. The Morgan fingerprint density at radius 2 is 1.23 bits per heavy atom. The molecule has 0 saturated carbocycles. The maximum Gasteiger partial charge on any atom is 0.417 e. The van der Waals surface area contributed by atoms with Crippen LogP contribution >= 0.6 is 0 Å². The third-order valence-corrected chi connectivity index (χ3v) is 8.15. The highest BCUT2D eigenvalue weighted by Crippen LogP contribution is 2.44. The van der Waals surface area contributed by atoms with Crippen molar-refractivity contribution in [1.82, 2.24) is 9.46 Å². The molecule has 6 rings (SSSR count). The van der Waals surface area contributed by atoms with Crippen molar-refractivity contribution in [2.24, 2.45) is 0 Å². The quantitative estimate of drug-likeness (QED) is 0.223. The number of hydrogen-bond acceptors (Lipinski definition) is 2. The molecule has 4 aromatic carbocycles. The molecule has 0 aliphatic carbocycles. The van der Waals surface area contributed by atoms with Gasteiger partial charge in [0.2, 0.25) is 0 Å². The molecule has 194 valence electrons. The summed E-state index contributed by atoms with van der Waals surface area (Å²) in [6, 6.07) is 35.0. The van der Waals surface area contributed by atoms with Gasteiger partial charge in [-0.05, 0) is 59.6 Å². The lowest BCUT2D eigenvalue weighted by Gasteiger charge is -2.39. The first kappa shape index (κ1) is 25.2. The topological polar surface area (TPSA) is 21.1 Å². The van der Waals surface area contributed by atoms with E-state index in [4.69, 9.17) is 4.98 Å². The molecule has 2 heterocycles. The number of hydrogen-bond donors (Lipinski definition) is 0. The van der Waals surface area contributed by atoms with Crippen molar-refractivity contribution in [2.75, 3.05) is 11.9 Å². The van der Waals surface area contributed by atoms with E-state index in [-0.39, 0.29) is 6.98 Å². The van der Waals surface area contributed by atoms with Crippen LogP contribution in [0.2, 0.25) is 0 Å². The van der Waals surface area contributed by atoms with Gasteiger partial charge in [-0.1, -0.05) is 119 Å². The lowest BCUT2D eigenvalue weighted by atomic mass is 9.57. The first-order valence-corrected chi connectivity index (χ1v) is 14.1. The molecular weight excluding hydrogens is 473 g/mol. The van der Waals surface area contributed by atoms with E-state index in [9.17, 15) is 0 Å². The minimum atomic E-state index is -0.0366. The molecular formula is C35H36BN3. The number of fused-ring (bicyclic) bond motifs is 3. The maximum absolute atomic E-state index is 5.50. The summed E-state index contributed by atoms with van der Waals surface area (Å²) in [7, 11) is 2.25. The van der Waals surface area contributed by atoms with Gasteiger partial charge in [0.05, 0.1) is 11.4 Å². The summed E-state index contributed by atoms with van der Waals surface area (Å²) in [5.41, 5.74) is 12.4. The SMILES string of the molecule is Cc1cccc2c1-c1nc(-c3ccccc3)c(-c3ccccc3)n1B(c1c(C(C)C)cccc1C(C)C)N2C. The average Bonchev–Trinajstić information content (AvgIpc) is 3.34. The zero-order valence-corrected chi connectivity index (χ0v) is 23.8. The van der Waals surface area contributed by atoms with Crippen LogP contribution < -0.4 is 10.3 Å². The molecule has 0 unspecified atom stereocenters. The molecule has 5 aromatic rings. The van der Waals surface area contributed by atoms with Gasteiger partial charge in [-0.3, -0.25) is 0 Å². The van der Waals surface area contributed by atoms with Crippen LogP contribution in [0.5, 0.6) is 0 Å². The number of benzene rings is 4. The van der Waals surface area contributed by atoms with Crippen LogP contribution in [0.4, 0.5) is 5.69 Å². The second-order valence-corrected chi connectivity index (χ2v) is 11.3. The fraction of sp³-hybridized carbons (Fsp3) is 0.229. The predicted octanol–water partition coefficient (Wildman–Crippen LogP) is 8.13. The minimum absolute atomic E-state index is 0.0366. The zero-order chi connectivity index (χ0) is 27.3. The van der Waals surface area contributed by atoms with Gasteiger partial charge in [0.15, 0.2) is 0 Å². The second-order valence-electron chi connectivity index (χ2n) is 11.3. The predicted molar refractivity (Wildman–Crippen MR) is 167 cm³/mol. The van der Waals surface area contributed by atoms with Gasteiger partial charge in [0, 0.05) is 16.8 Å². The number of anilines is 1. The molecule has 4 heteroatoms. The first-order chi connectivity index (χ1) is 18.9. The maximum atomic E-state index is 5.50. The number of aryl methyl sites for hydroxylation is 1. The van der Waals surface area contributed by atoms with Crippen molar-refractivity contribution in [1.29, 1.82) is 0 Å². The smallest absolute Gasteiger partial charge is 0.394 e.